The molecular weight excluding hydrogens is 266 g/mol. The number of carbonyl (C=O) groups excluding carboxylic acids is 1. The maximum absolute atomic E-state index is 11.7. The molecule has 0 atom stereocenters. The molecule has 0 radical (unpaired) electrons. The van der Waals surface area contributed by atoms with Gasteiger partial charge in [0.1, 0.15) is 11.6 Å². The van der Waals surface area contributed by atoms with Crippen molar-refractivity contribution in [2.45, 2.75) is 25.3 Å². The van der Waals surface area contributed by atoms with Crippen LogP contribution in [-0.4, -0.2) is 30.6 Å². The molecule has 0 spiro atoms. The second-order valence-electron chi connectivity index (χ2n) is 5.23. The number of carbonyl (C=O) groups is 1. The summed E-state index contributed by atoms with van der Waals surface area (Å²) >= 11 is 0. The third kappa shape index (κ3) is 3.24. The van der Waals surface area contributed by atoms with Gasteiger partial charge in [0.15, 0.2) is 0 Å². The summed E-state index contributed by atoms with van der Waals surface area (Å²) in [6.45, 7) is 0.571. The Bertz CT molecular complexity index is 653. The molecule has 1 aliphatic carbocycles. The van der Waals surface area contributed by atoms with Gasteiger partial charge in [-0.2, -0.15) is 0 Å². The molecule has 5 heteroatoms. The first-order valence-corrected chi connectivity index (χ1v) is 7.23. The highest BCUT2D eigenvalue weighted by molar-refractivity contribution is 5.95. The highest BCUT2D eigenvalue weighted by Crippen LogP contribution is 2.28. The van der Waals surface area contributed by atoms with Crippen molar-refractivity contribution in [3.8, 4) is 5.75 Å². The van der Waals surface area contributed by atoms with E-state index in [0.29, 0.717) is 19.0 Å². The van der Waals surface area contributed by atoms with Gasteiger partial charge in [0.05, 0.1) is 7.11 Å². The van der Waals surface area contributed by atoms with Gasteiger partial charge in [-0.1, -0.05) is 12.1 Å². The van der Waals surface area contributed by atoms with E-state index in [1.807, 2.05) is 24.3 Å². The zero-order valence-corrected chi connectivity index (χ0v) is 12.1. The molecule has 0 bridgehead atoms. The van der Waals surface area contributed by atoms with Crippen LogP contribution in [0.1, 0.15) is 19.3 Å². The van der Waals surface area contributed by atoms with Gasteiger partial charge in [0.2, 0.25) is 5.91 Å². The topological polar surface area (TPSA) is 63.2 Å². The minimum Gasteiger partial charge on any atom is -0.496 e. The number of methoxy groups -OCH3 is 1. The van der Waals surface area contributed by atoms with Crippen LogP contribution in [0.4, 0.5) is 5.82 Å². The van der Waals surface area contributed by atoms with Crippen LogP contribution < -0.4 is 15.4 Å². The van der Waals surface area contributed by atoms with E-state index >= 15 is 0 Å². The summed E-state index contributed by atoms with van der Waals surface area (Å²) < 4.78 is 5.36. The second kappa shape index (κ2) is 5.99. The minimum atomic E-state index is 0.0998. The Morgan fingerprint density at radius 1 is 1.33 bits per heavy atom. The molecule has 1 fully saturated rings. The van der Waals surface area contributed by atoms with Crippen molar-refractivity contribution in [2.75, 3.05) is 19.0 Å². The number of rotatable bonds is 6. The molecule has 0 unspecified atom stereocenters. The molecule has 3 rings (SSSR count). The molecular formula is C16H19N3O2. The molecule has 21 heavy (non-hydrogen) atoms. The van der Waals surface area contributed by atoms with Crippen LogP contribution in [0.5, 0.6) is 5.75 Å². The summed E-state index contributed by atoms with van der Waals surface area (Å²) in [4.78, 5) is 16.0. The number of ether oxygens (including phenoxy) is 1. The highest BCUT2D eigenvalue weighted by Gasteiger charge is 2.22. The van der Waals surface area contributed by atoms with Crippen molar-refractivity contribution in [1.29, 1.82) is 0 Å². The van der Waals surface area contributed by atoms with Crippen LogP contribution >= 0.6 is 0 Å². The fourth-order valence-electron chi connectivity index (χ4n) is 2.32. The van der Waals surface area contributed by atoms with Crippen LogP contribution in [0, 0.1) is 0 Å². The first kappa shape index (κ1) is 13.7. The molecule has 2 aromatic rings. The number of nitrogens with zero attached hydrogens (tertiary/aromatic N) is 1. The molecule has 1 aromatic carbocycles. The Balaban J connectivity index is 1.67. The van der Waals surface area contributed by atoms with E-state index in [9.17, 15) is 4.79 Å². The molecule has 1 aromatic heterocycles. The van der Waals surface area contributed by atoms with Gasteiger partial charge in [-0.15, -0.1) is 0 Å². The lowest BCUT2D eigenvalue weighted by atomic mass is 10.1. The molecule has 1 saturated carbocycles. The number of aromatic nitrogens is 1. The number of nitrogens with one attached hydrogen (secondary N) is 2. The largest absolute Gasteiger partial charge is 0.496 e. The van der Waals surface area contributed by atoms with E-state index in [1.54, 1.807) is 13.3 Å². The number of pyridine rings is 1. The Morgan fingerprint density at radius 2 is 2.19 bits per heavy atom. The predicted molar refractivity (Wildman–Crippen MR) is 82.6 cm³/mol. The lowest BCUT2D eigenvalue weighted by Gasteiger charge is -2.10. The van der Waals surface area contributed by atoms with E-state index < -0.39 is 0 Å². The summed E-state index contributed by atoms with van der Waals surface area (Å²) in [5.74, 6) is 1.71. The monoisotopic (exact) mass is 285 g/mol. The standard InChI is InChI=1S/C16H19N3O2/c1-21-14-4-2-3-13-12(14)7-9-17-16(13)18-10-8-15(20)19-11-5-6-11/h2-4,7,9,11H,5-6,8,10H2,1H3,(H,17,18)(H,19,20). The summed E-state index contributed by atoms with van der Waals surface area (Å²) in [6, 6.07) is 8.21. The first-order valence-electron chi connectivity index (χ1n) is 7.23. The Labute approximate surface area is 123 Å². The van der Waals surface area contributed by atoms with E-state index in [1.165, 1.54) is 0 Å². The Kier molecular flexibility index (Phi) is 3.90. The molecule has 0 saturated heterocycles. The average Bonchev–Trinajstić information content (AvgIpc) is 3.30. The molecule has 1 heterocycles. The molecule has 2 N–H and O–H groups in total. The highest BCUT2D eigenvalue weighted by atomic mass is 16.5. The number of fused-ring (bicyclic) bond motifs is 1. The average molecular weight is 285 g/mol. The number of benzene rings is 1. The van der Waals surface area contributed by atoms with Crippen LogP contribution in [0.3, 0.4) is 0 Å². The predicted octanol–water partition coefficient (Wildman–Crippen LogP) is 2.32. The Morgan fingerprint density at radius 3 is 2.95 bits per heavy atom. The lowest BCUT2D eigenvalue weighted by molar-refractivity contribution is -0.120. The van der Waals surface area contributed by atoms with Crippen molar-refractivity contribution in [3.05, 3.63) is 30.5 Å². The van der Waals surface area contributed by atoms with Crippen LogP contribution in [-0.2, 0) is 4.79 Å². The molecule has 0 aliphatic heterocycles. The maximum atomic E-state index is 11.7. The number of hydrogen-bond donors (Lipinski definition) is 2. The van der Waals surface area contributed by atoms with Gasteiger partial charge in [0, 0.05) is 36.0 Å². The van der Waals surface area contributed by atoms with Gasteiger partial charge in [-0.05, 0) is 25.0 Å². The van der Waals surface area contributed by atoms with E-state index in [2.05, 4.69) is 15.6 Å². The van der Waals surface area contributed by atoms with Gasteiger partial charge in [-0.3, -0.25) is 4.79 Å². The zero-order chi connectivity index (χ0) is 14.7. The van der Waals surface area contributed by atoms with E-state index in [4.69, 9.17) is 4.74 Å². The fourth-order valence-corrected chi connectivity index (χ4v) is 2.32. The third-order valence-electron chi connectivity index (χ3n) is 3.57. The van der Waals surface area contributed by atoms with E-state index in [0.717, 1.165) is 35.2 Å². The van der Waals surface area contributed by atoms with Crippen LogP contribution in [0.15, 0.2) is 30.5 Å². The molecule has 1 aliphatic rings. The third-order valence-corrected chi connectivity index (χ3v) is 3.57. The van der Waals surface area contributed by atoms with Crippen molar-refractivity contribution in [2.24, 2.45) is 0 Å². The van der Waals surface area contributed by atoms with Gasteiger partial charge in [-0.25, -0.2) is 4.98 Å². The van der Waals surface area contributed by atoms with Gasteiger partial charge >= 0.3 is 0 Å². The maximum Gasteiger partial charge on any atom is 0.221 e. The quantitative estimate of drug-likeness (QED) is 0.855. The van der Waals surface area contributed by atoms with Crippen LogP contribution in [0.25, 0.3) is 10.8 Å². The lowest BCUT2D eigenvalue weighted by Crippen LogP contribution is -2.27. The molecule has 5 nitrogen and oxygen atoms in total. The van der Waals surface area contributed by atoms with Gasteiger partial charge in [0.25, 0.3) is 0 Å². The van der Waals surface area contributed by atoms with E-state index in [-0.39, 0.29) is 5.91 Å². The Hall–Kier alpha value is -2.30. The fraction of sp³-hybridized carbons (Fsp3) is 0.375. The summed E-state index contributed by atoms with van der Waals surface area (Å²) in [6.07, 6.45) is 4.43. The second-order valence-corrected chi connectivity index (χ2v) is 5.23. The van der Waals surface area contributed by atoms with Gasteiger partial charge < -0.3 is 15.4 Å². The normalized spacial score (nSPS) is 14.0. The zero-order valence-electron chi connectivity index (χ0n) is 12.1. The first-order chi connectivity index (χ1) is 10.3. The van der Waals surface area contributed by atoms with Crippen LogP contribution in [0.2, 0.25) is 0 Å². The van der Waals surface area contributed by atoms with Crippen molar-refractivity contribution in [3.63, 3.8) is 0 Å². The smallest absolute Gasteiger partial charge is 0.221 e. The number of anilines is 1. The number of amides is 1. The molecule has 110 valence electrons. The summed E-state index contributed by atoms with van der Waals surface area (Å²) in [7, 11) is 1.66. The summed E-state index contributed by atoms with van der Waals surface area (Å²) in [5.41, 5.74) is 0. The minimum absolute atomic E-state index is 0.0998. The van der Waals surface area contributed by atoms with Crippen molar-refractivity contribution in [1.82, 2.24) is 10.3 Å². The van der Waals surface area contributed by atoms with Crippen molar-refractivity contribution >= 4 is 22.5 Å². The molecule has 1 amide bonds. The summed E-state index contributed by atoms with van der Waals surface area (Å²) in [5, 5.41) is 8.23. The SMILES string of the molecule is COc1cccc2c(NCCC(=O)NC3CC3)nccc12. The van der Waals surface area contributed by atoms with Crippen molar-refractivity contribution < 1.29 is 9.53 Å². The number of hydrogen-bond acceptors (Lipinski definition) is 4.